The maximum atomic E-state index is 12.8. The molecule has 0 unspecified atom stereocenters. The number of hydrogen-bond donors (Lipinski definition) is 2. The van der Waals surface area contributed by atoms with Crippen molar-refractivity contribution in [2.75, 3.05) is 17.2 Å². The van der Waals surface area contributed by atoms with E-state index in [2.05, 4.69) is 6.07 Å². The van der Waals surface area contributed by atoms with Crippen LogP contribution in [0.2, 0.25) is 0 Å². The van der Waals surface area contributed by atoms with E-state index in [-0.39, 0.29) is 11.7 Å². The van der Waals surface area contributed by atoms with Gasteiger partial charge in [-0.25, -0.2) is 0 Å². The van der Waals surface area contributed by atoms with Gasteiger partial charge in [0.25, 0.3) is 5.91 Å². The van der Waals surface area contributed by atoms with Gasteiger partial charge in [0.05, 0.1) is 5.56 Å². The fourth-order valence-electron chi connectivity index (χ4n) is 2.78. The van der Waals surface area contributed by atoms with Gasteiger partial charge in [-0.05, 0) is 49.1 Å². The topological polar surface area (TPSA) is 66.6 Å². The Bertz CT molecular complexity index is 682. The summed E-state index contributed by atoms with van der Waals surface area (Å²) in [7, 11) is 0. The summed E-state index contributed by atoms with van der Waals surface area (Å²) < 4.78 is 0. The Morgan fingerprint density at radius 3 is 2.81 bits per heavy atom. The number of aryl methyl sites for hydroxylation is 1. The standard InChI is InChI=1S/C17H18N2O2/c18-15-9-8-13(20)11-14(15)17(21)19-10-4-3-6-12-5-1-2-7-16(12)19/h1-2,5,7-9,11,20H,3-4,6,10,18H2. The number of phenols is 1. The average Bonchev–Trinajstić information content (AvgIpc) is 2.71. The van der Waals surface area contributed by atoms with Gasteiger partial charge < -0.3 is 15.7 Å². The van der Waals surface area contributed by atoms with E-state index in [4.69, 9.17) is 5.73 Å². The van der Waals surface area contributed by atoms with Gasteiger partial charge in [0.1, 0.15) is 5.75 Å². The molecule has 1 aliphatic rings. The zero-order valence-electron chi connectivity index (χ0n) is 11.7. The fourth-order valence-corrected chi connectivity index (χ4v) is 2.78. The molecule has 0 saturated carbocycles. The SMILES string of the molecule is Nc1ccc(O)cc1C(=O)N1CCCCc2ccccc21. The summed E-state index contributed by atoms with van der Waals surface area (Å²) >= 11 is 0. The number of carbonyl (C=O) groups excluding carboxylic acids is 1. The van der Waals surface area contributed by atoms with Crippen LogP contribution in [0.25, 0.3) is 0 Å². The van der Waals surface area contributed by atoms with Gasteiger partial charge in [0, 0.05) is 17.9 Å². The minimum atomic E-state index is -0.155. The number of nitrogens with zero attached hydrogens (tertiary/aromatic N) is 1. The molecule has 0 atom stereocenters. The van der Waals surface area contributed by atoms with Crippen LogP contribution >= 0.6 is 0 Å². The molecule has 3 rings (SSSR count). The van der Waals surface area contributed by atoms with Crippen molar-refractivity contribution in [1.29, 1.82) is 0 Å². The molecule has 4 nitrogen and oxygen atoms in total. The zero-order chi connectivity index (χ0) is 14.8. The van der Waals surface area contributed by atoms with Crippen molar-refractivity contribution in [1.82, 2.24) is 0 Å². The van der Waals surface area contributed by atoms with Crippen molar-refractivity contribution in [2.24, 2.45) is 0 Å². The molecule has 0 saturated heterocycles. The lowest BCUT2D eigenvalue weighted by atomic mass is 10.1. The molecular weight excluding hydrogens is 264 g/mol. The number of phenolic OH excluding ortho intramolecular Hbond substituents is 1. The van der Waals surface area contributed by atoms with Crippen LogP contribution in [0.3, 0.4) is 0 Å². The highest BCUT2D eigenvalue weighted by Crippen LogP contribution is 2.29. The summed E-state index contributed by atoms with van der Waals surface area (Å²) in [6.07, 6.45) is 3.00. The second kappa shape index (κ2) is 5.48. The third kappa shape index (κ3) is 2.57. The molecule has 0 aromatic heterocycles. The van der Waals surface area contributed by atoms with E-state index < -0.39 is 0 Å². The molecule has 2 aromatic carbocycles. The van der Waals surface area contributed by atoms with Gasteiger partial charge in [0.2, 0.25) is 0 Å². The van der Waals surface area contributed by atoms with E-state index in [0.717, 1.165) is 24.9 Å². The molecular formula is C17H18N2O2. The van der Waals surface area contributed by atoms with Crippen LogP contribution in [0.1, 0.15) is 28.8 Å². The number of carbonyl (C=O) groups is 1. The van der Waals surface area contributed by atoms with E-state index in [1.54, 1.807) is 11.0 Å². The Morgan fingerprint density at radius 1 is 1.14 bits per heavy atom. The summed E-state index contributed by atoms with van der Waals surface area (Å²) in [5.74, 6) is -0.103. The first-order chi connectivity index (χ1) is 10.2. The summed E-state index contributed by atoms with van der Waals surface area (Å²) in [6.45, 7) is 0.672. The number of amides is 1. The van der Waals surface area contributed by atoms with Gasteiger partial charge in [-0.3, -0.25) is 4.79 Å². The van der Waals surface area contributed by atoms with Crippen molar-refractivity contribution < 1.29 is 9.90 Å². The average molecular weight is 282 g/mol. The Labute approximate surface area is 123 Å². The number of benzene rings is 2. The number of hydrogen-bond acceptors (Lipinski definition) is 3. The van der Waals surface area contributed by atoms with Crippen LogP contribution in [0.4, 0.5) is 11.4 Å². The molecule has 3 N–H and O–H groups in total. The highest BCUT2D eigenvalue weighted by Gasteiger charge is 2.23. The number of fused-ring (bicyclic) bond motifs is 1. The number of anilines is 2. The highest BCUT2D eigenvalue weighted by atomic mass is 16.3. The van der Waals surface area contributed by atoms with Gasteiger partial charge in [-0.2, -0.15) is 0 Å². The number of nitrogens with two attached hydrogens (primary N) is 1. The van der Waals surface area contributed by atoms with E-state index in [9.17, 15) is 9.90 Å². The predicted octanol–water partition coefficient (Wildman–Crippen LogP) is 2.96. The molecule has 0 aliphatic carbocycles. The number of rotatable bonds is 1. The second-order valence-corrected chi connectivity index (χ2v) is 5.31. The van der Waals surface area contributed by atoms with E-state index in [0.29, 0.717) is 17.8 Å². The molecule has 1 amide bonds. The van der Waals surface area contributed by atoms with Crippen molar-refractivity contribution in [3.05, 3.63) is 53.6 Å². The third-order valence-corrected chi connectivity index (χ3v) is 3.87. The van der Waals surface area contributed by atoms with Crippen molar-refractivity contribution in [2.45, 2.75) is 19.3 Å². The van der Waals surface area contributed by atoms with Crippen LogP contribution < -0.4 is 10.6 Å². The Balaban J connectivity index is 2.03. The zero-order valence-corrected chi connectivity index (χ0v) is 11.7. The molecule has 21 heavy (non-hydrogen) atoms. The molecule has 0 spiro atoms. The summed E-state index contributed by atoms with van der Waals surface area (Å²) in [4.78, 5) is 14.6. The smallest absolute Gasteiger partial charge is 0.260 e. The van der Waals surface area contributed by atoms with Crippen LogP contribution in [-0.4, -0.2) is 17.6 Å². The fraction of sp³-hybridized carbons (Fsp3) is 0.235. The quantitative estimate of drug-likeness (QED) is 0.624. The summed E-state index contributed by atoms with van der Waals surface area (Å²) in [6, 6.07) is 12.5. The molecule has 108 valence electrons. The molecule has 2 aromatic rings. The number of aromatic hydroxyl groups is 1. The second-order valence-electron chi connectivity index (χ2n) is 5.31. The van der Waals surface area contributed by atoms with Crippen molar-refractivity contribution in [3.8, 4) is 5.75 Å². The summed E-state index contributed by atoms with van der Waals surface area (Å²) in [5, 5.41) is 9.61. The van der Waals surface area contributed by atoms with Gasteiger partial charge >= 0.3 is 0 Å². The lowest BCUT2D eigenvalue weighted by Gasteiger charge is -2.23. The summed E-state index contributed by atoms with van der Waals surface area (Å²) in [5.41, 5.74) is 8.77. The lowest BCUT2D eigenvalue weighted by Crippen LogP contribution is -2.32. The molecule has 4 heteroatoms. The van der Waals surface area contributed by atoms with E-state index >= 15 is 0 Å². The molecule has 0 radical (unpaired) electrons. The Hall–Kier alpha value is -2.49. The van der Waals surface area contributed by atoms with Gasteiger partial charge in [0.15, 0.2) is 0 Å². The Morgan fingerprint density at radius 2 is 1.95 bits per heavy atom. The molecule has 1 aliphatic heterocycles. The molecule has 1 heterocycles. The minimum absolute atomic E-state index is 0.0515. The van der Waals surface area contributed by atoms with Crippen molar-refractivity contribution in [3.63, 3.8) is 0 Å². The van der Waals surface area contributed by atoms with Gasteiger partial charge in [-0.1, -0.05) is 18.2 Å². The first-order valence-electron chi connectivity index (χ1n) is 7.15. The maximum Gasteiger partial charge on any atom is 0.260 e. The van der Waals surface area contributed by atoms with Crippen LogP contribution in [0, 0.1) is 0 Å². The van der Waals surface area contributed by atoms with Gasteiger partial charge in [-0.15, -0.1) is 0 Å². The third-order valence-electron chi connectivity index (χ3n) is 3.87. The number of nitrogen functional groups attached to an aromatic ring is 1. The van der Waals surface area contributed by atoms with E-state index in [1.165, 1.54) is 17.7 Å². The predicted molar refractivity (Wildman–Crippen MR) is 83.6 cm³/mol. The van der Waals surface area contributed by atoms with Crippen molar-refractivity contribution >= 4 is 17.3 Å². The largest absolute Gasteiger partial charge is 0.508 e. The molecule has 0 bridgehead atoms. The minimum Gasteiger partial charge on any atom is -0.508 e. The number of para-hydroxylation sites is 1. The highest BCUT2D eigenvalue weighted by molar-refractivity contribution is 6.10. The first-order valence-corrected chi connectivity index (χ1v) is 7.15. The maximum absolute atomic E-state index is 12.8. The van der Waals surface area contributed by atoms with E-state index in [1.807, 2.05) is 18.2 Å². The first kappa shape index (κ1) is 13.5. The molecule has 0 fully saturated rings. The monoisotopic (exact) mass is 282 g/mol. The lowest BCUT2D eigenvalue weighted by molar-refractivity contribution is 0.0987. The normalized spacial score (nSPS) is 14.4. The Kier molecular flexibility index (Phi) is 3.52. The van der Waals surface area contributed by atoms with Crippen LogP contribution in [0.5, 0.6) is 5.75 Å². The van der Waals surface area contributed by atoms with Crippen LogP contribution in [0.15, 0.2) is 42.5 Å². The van der Waals surface area contributed by atoms with Crippen LogP contribution in [-0.2, 0) is 6.42 Å².